The zero-order valence-electron chi connectivity index (χ0n) is 29.0. The minimum absolute atomic E-state index is 0.301. The molecule has 0 aliphatic carbocycles. The molecular weight excluding hydrogens is 520 g/mol. The molecule has 4 heteroatoms. The predicted octanol–water partition coefficient (Wildman–Crippen LogP) is 12.6. The Balaban J connectivity index is 4.67. The maximum atomic E-state index is 13.1. The van der Waals surface area contributed by atoms with Crippen LogP contribution in [0.25, 0.3) is 0 Å². The van der Waals surface area contributed by atoms with Crippen LogP contribution in [-0.2, 0) is 9.59 Å². The third-order valence-corrected chi connectivity index (χ3v) is 10.4. The van der Waals surface area contributed by atoms with E-state index in [2.05, 4.69) is 34.6 Å². The number of hydrogen-bond donors (Lipinski definition) is 2. The van der Waals surface area contributed by atoms with Crippen LogP contribution >= 0.6 is 0 Å². The van der Waals surface area contributed by atoms with Gasteiger partial charge in [-0.25, -0.2) is 0 Å². The molecule has 0 spiro atoms. The standard InChI is InChI=1S/C38H74O4/c1-6-11-27-33(8-3)31-35(38(10-5,37(41)42)32-34(9-4)28-12-7-2)29-25-23-21-19-17-15-13-14-16-18-20-22-24-26-30-36(39)40/h33-35H,6-32H2,1-5H3,(H,39,40)(H,41,42). The fourth-order valence-electron chi connectivity index (χ4n) is 7.26. The van der Waals surface area contributed by atoms with Crippen molar-refractivity contribution in [1.82, 2.24) is 0 Å². The van der Waals surface area contributed by atoms with Crippen LogP contribution in [0, 0.1) is 23.2 Å². The van der Waals surface area contributed by atoms with E-state index < -0.39 is 17.4 Å². The second-order valence-electron chi connectivity index (χ2n) is 13.7. The van der Waals surface area contributed by atoms with Gasteiger partial charge in [-0.2, -0.15) is 0 Å². The van der Waals surface area contributed by atoms with Gasteiger partial charge >= 0.3 is 11.9 Å². The fourth-order valence-corrected chi connectivity index (χ4v) is 7.26. The molecule has 0 saturated carbocycles. The fraction of sp³-hybridized carbons (Fsp3) is 0.947. The number of carboxylic acid groups (broad SMARTS) is 2. The van der Waals surface area contributed by atoms with E-state index in [0.29, 0.717) is 24.2 Å². The van der Waals surface area contributed by atoms with E-state index in [9.17, 15) is 14.7 Å². The van der Waals surface area contributed by atoms with Gasteiger partial charge in [0.05, 0.1) is 5.41 Å². The van der Waals surface area contributed by atoms with E-state index in [1.807, 2.05) is 0 Å². The monoisotopic (exact) mass is 595 g/mol. The Morgan fingerprint density at radius 3 is 1.36 bits per heavy atom. The molecule has 0 aliphatic rings. The Kier molecular flexibility index (Phi) is 26.8. The Morgan fingerprint density at radius 1 is 0.548 bits per heavy atom. The summed E-state index contributed by atoms with van der Waals surface area (Å²) >= 11 is 0. The normalized spacial score (nSPS) is 15.3. The molecule has 0 heterocycles. The lowest BCUT2D eigenvalue weighted by molar-refractivity contribution is -0.156. The molecule has 0 aromatic carbocycles. The summed E-state index contributed by atoms with van der Waals surface area (Å²) in [5, 5.41) is 19.4. The van der Waals surface area contributed by atoms with Crippen molar-refractivity contribution in [2.45, 2.75) is 208 Å². The molecule has 0 radical (unpaired) electrons. The smallest absolute Gasteiger partial charge is 0.309 e. The van der Waals surface area contributed by atoms with E-state index >= 15 is 0 Å². The molecular formula is C38H74O4. The summed E-state index contributed by atoms with van der Waals surface area (Å²) in [4.78, 5) is 23.6. The molecule has 2 N–H and O–H groups in total. The van der Waals surface area contributed by atoms with Crippen molar-refractivity contribution < 1.29 is 19.8 Å². The summed E-state index contributed by atoms with van der Waals surface area (Å²) in [5.41, 5.74) is -0.563. The highest BCUT2D eigenvalue weighted by molar-refractivity contribution is 5.75. The van der Waals surface area contributed by atoms with Gasteiger partial charge in [0.15, 0.2) is 0 Å². The Labute approximate surface area is 262 Å². The van der Waals surface area contributed by atoms with Crippen LogP contribution in [0.2, 0.25) is 0 Å². The molecule has 4 unspecified atom stereocenters. The van der Waals surface area contributed by atoms with Gasteiger partial charge in [0.25, 0.3) is 0 Å². The number of carboxylic acids is 2. The van der Waals surface area contributed by atoms with E-state index in [4.69, 9.17) is 5.11 Å². The Hall–Kier alpha value is -1.06. The SMILES string of the molecule is CCCCC(CC)CC(CCCCCCCCCCCCCCCCC(=O)O)C(CC)(CC(CC)CCCC)C(=O)O. The van der Waals surface area contributed by atoms with E-state index in [1.54, 1.807) is 0 Å². The van der Waals surface area contributed by atoms with Crippen LogP contribution in [0.1, 0.15) is 208 Å². The first kappa shape index (κ1) is 40.9. The molecule has 0 bridgehead atoms. The average Bonchev–Trinajstić information content (AvgIpc) is 2.98. The van der Waals surface area contributed by atoms with Crippen molar-refractivity contribution in [3.8, 4) is 0 Å². The zero-order valence-corrected chi connectivity index (χ0v) is 29.0. The lowest BCUT2D eigenvalue weighted by Crippen LogP contribution is -2.41. The lowest BCUT2D eigenvalue weighted by Gasteiger charge is -2.41. The quantitative estimate of drug-likeness (QED) is 0.0760. The van der Waals surface area contributed by atoms with E-state index in [1.165, 1.54) is 122 Å². The largest absolute Gasteiger partial charge is 0.481 e. The van der Waals surface area contributed by atoms with Crippen LogP contribution < -0.4 is 0 Å². The second-order valence-corrected chi connectivity index (χ2v) is 13.7. The molecule has 0 aromatic rings. The highest BCUT2D eigenvalue weighted by Gasteiger charge is 2.45. The third kappa shape index (κ3) is 19.3. The van der Waals surface area contributed by atoms with Gasteiger partial charge in [-0.3, -0.25) is 9.59 Å². The summed E-state index contributed by atoms with van der Waals surface area (Å²) in [7, 11) is 0. The van der Waals surface area contributed by atoms with Crippen molar-refractivity contribution >= 4 is 11.9 Å². The van der Waals surface area contributed by atoms with Crippen molar-refractivity contribution in [1.29, 1.82) is 0 Å². The second kappa shape index (κ2) is 27.5. The van der Waals surface area contributed by atoms with Gasteiger partial charge in [-0.05, 0) is 49.9 Å². The summed E-state index contributed by atoms with van der Waals surface area (Å²) in [5.74, 6) is 0.302. The lowest BCUT2D eigenvalue weighted by atomic mass is 9.62. The van der Waals surface area contributed by atoms with Gasteiger partial charge in [0.2, 0.25) is 0 Å². The topological polar surface area (TPSA) is 74.6 Å². The van der Waals surface area contributed by atoms with E-state index in [0.717, 1.165) is 44.9 Å². The van der Waals surface area contributed by atoms with Crippen LogP contribution in [0.3, 0.4) is 0 Å². The summed E-state index contributed by atoms with van der Waals surface area (Å²) in [6, 6.07) is 0. The minimum Gasteiger partial charge on any atom is -0.481 e. The van der Waals surface area contributed by atoms with Gasteiger partial charge in [0, 0.05) is 6.42 Å². The highest BCUT2D eigenvalue weighted by Crippen LogP contribution is 2.46. The summed E-state index contributed by atoms with van der Waals surface area (Å²) < 4.78 is 0. The first-order chi connectivity index (χ1) is 20.3. The van der Waals surface area contributed by atoms with Crippen LogP contribution in [0.15, 0.2) is 0 Å². The molecule has 0 aliphatic heterocycles. The molecule has 0 fully saturated rings. The van der Waals surface area contributed by atoms with Gasteiger partial charge in [-0.1, -0.05) is 169 Å². The first-order valence-corrected chi connectivity index (χ1v) is 18.8. The highest BCUT2D eigenvalue weighted by atomic mass is 16.4. The number of hydrogen-bond acceptors (Lipinski definition) is 2. The molecule has 0 rings (SSSR count). The number of rotatable bonds is 32. The molecule has 0 saturated heterocycles. The average molecular weight is 595 g/mol. The maximum Gasteiger partial charge on any atom is 0.309 e. The molecule has 4 nitrogen and oxygen atoms in total. The van der Waals surface area contributed by atoms with Crippen molar-refractivity contribution in [2.24, 2.45) is 23.2 Å². The minimum atomic E-state index is -0.669. The van der Waals surface area contributed by atoms with E-state index in [-0.39, 0.29) is 0 Å². The van der Waals surface area contributed by atoms with Gasteiger partial charge < -0.3 is 10.2 Å². The van der Waals surface area contributed by atoms with Gasteiger partial charge in [-0.15, -0.1) is 0 Å². The van der Waals surface area contributed by atoms with Crippen LogP contribution in [0.5, 0.6) is 0 Å². The Bertz CT molecular complexity index is 633. The number of aliphatic carboxylic acids is 2. The first-order valence-electron chi connectivity index (χ1n) is 18.8. The number of carbonyl (C=O) groups is 2. The zero-order chi connectivity index (χ0) is 31.5. The molecule has 42 heavy (non-hydrogen) atoms. The van der Waals surface area contributed by atoms with Crippen molar-refractivity contribution in [3.05, 3.63) is 0 Å². The third-order valence-electron chi connectivity index (χ3n) is 10.4. The summed E-state index contributed by atoms with van der Waals surface area (Å²) in [6.07, 6.45) is 31.0. The molecule has 4 atom stereocenters. The Morgan fingerprint density at radius 2 is 0.976 bits per heavy atom. The van der Waals surface area contributed by atoms with Crippen LogP contribution in [0.4, 0.5) is 0 Å². The summed E-state index contributed by atoms with van der Waals surface area (Å²) in [6.45, 7) is 11.3. The van der Waals surface area contributed by atoms with Crippen molar-refractivity contribution in [3.63, 3.8) is 0 Å². The van der Waals surface area contributed by atoms with Gasteiger partial charge in [0.1, 0.15) is 0 Å². The van der Waals surface area contributed by atoms with Crippen LogP contribution in [-0.4, -0.2) is 22.2 Å². The van der Waals surface area contributed by atoms with Crippen molar-refractivity contribution in [2.75, 3.05) is 0 Å². The number of unbranched alkanes of at least 4 members (excludes halogenated alkanes) is 15. The molecule has 0 amide bonds. The molecule has 250 valence electrons. The molecule has 0 aromatic heterocycles. The predicted molar refractivity (Wildman–Crippen MR) is 181 cm³/mol. The maximum absolute atomic E-state index is 13.1.